The monoisotopic (exact) mass is 323 g/mol. The number of benzene rings is 2. The van der Waals surface area contributed by atoms with E-state index in [0.29, 0.717) is 21.4 Å². The molecule has 21 heavy (non-hydrogen) atoms. The summed E-state index contributed by atoms with van der Waals surface area (Å²) in [6.07, 6.45) is 0. The molecule has 6 heteroatoms. The Morgan fingerprint density at radius 2 is 1.57 bits per heavy atom. The van der Waals surface area contributed by atoms with Crippen LogP contribution in [0.3, 0.4) is 0 Å². The van der Waals surface area contributed by atoms with E-state index < -0.39 is 0 Å². The molecule has 110 valence electrons. The Labute approximate surface area is 133 Å². The van der Waals surface area contributed by atoms with Gasteiger partial charge in [-0.25, -0.2) is 4.79 Å². The zero-order valence-corrected chi connectivity index (χ0v) is 12.9. The Hall–Kier alpha value is -1.75. The number of carbonyl (C=O) groups is 1. The minimum absolute atomic E-state index is 0.0379. The summed E-state index contributed by atoms with van der Waals surface area (Å²) in [6.45, 7) is 1.90. The third kappa shape index (κ3) is 4.36. The molecule has 0 aliphatic rings. The fraction of sp³-hybridized carbons (Fsp3) is 0.133. The number of carbonyl (C=O) groups excluding carboxylic acids is 1. The van der Waals surface area contributed by atoms with Gasteiger partial charge in [0, 0.05) is 17.4 Å². The van der Waals surface area contributed by atoms with Gasteiger partial charge < -0.3 is 16.4 Å². The molecule has 0 aliphatic carbocycles. The van der Waals surface area contributed by atoms with E-state index in [1.807, 2.05) is 19.1 Å². The standard InChI is InChI=1S/C15H15Cl2N3O/c1-9(18)10-2-4-11(5-3-10)19-15(21)20-12-6-7-13(16)14(17)8-12/h2-9H,18H2,1H3,(H2,19,20,21). The predicted molar refractivity (Wildman–Crippen MR) is 88.1 cm³/mol. The highest BCUT2D eigenvalue weighted by Crippen LogP contribution is 2.25. The molecule has 0 aromatic heterocycles. The molecule has 0 spiro atoms. The Morgan fingerprint density at radius 1 is 1.00 bits per heavy atom. The lowest BCUT2D eigenvalue weighted by molar-refractivity contribution is 0.262. The Balaban J connectivity index is 1.99. The molecule has 2 amide bonds. The Bertz CT molecular complexity index is 642. The second-order valence-corrected chi connectivity index (χ2v) is 5.43. The average Bonchev–Trinajstić information content (AvgIpc) is 2.43. The molecule has 4 nitrogen and oxygen atoms in total. The second kappa shape index (κ2) is 6.80. The van der Waals surface area contributed by atoms with E-state index in [0.717, 1.165) is 5.56 Å². The SMILES string of the molecule is CC(N)c1ccc(NC(=O)Nc2ccc(Cl)c(Cl)c2)cc1. The van der Waals surface area contributed by atoms with Crippen LogP contribution in [-0.4, -0.2) is 6.03 Å². The fourth-order valence-electron chi connectivity index (χ4n) is 1.74. The van der Waals surface area contributed by atoms with Crippen molar-refractivity contribution >= 4 is 40.6 Å². The van der Waals surface area contributed by atoms with Gasteiger partial charge in [-0.1, -0.05) is 35.3 Å². The van der Waals surface area contributed by atoms with Crippen LogP contribution in [0.2, 0.25) is 10.0 Å². The summed E-state index contributed by atoms with van der Waals surface area (Å²) >= 11 is 11.7. The van der Waals surface area contributed by atoms with E-state index >= 15 is 0 Å². The zero-order chi connectivity index (χ0) is 15.4. The molecule has 1 atom stereocenters. The lowest BCUT2D eigenvalue weighted by Gasteiger charge is -2.10. The predicted octanol–water partition coefficient (Wildman–Crippen LogP) is 4.66. The number of anilines is 2. The molecule has 0 saturated heterocycles. The van der Waals surface area contributed by atoms with Crippen molar-refractivity contribution in [2.75, 3.05) is 10.6 Å². The molecular formula is C15H15Cl2N3O. The van der Waals surface area contributed by atoms with Crippen LogP contribution < -0.4 is 16.4 Å². The molecule has 0 fully saturated rings. The quantitative estimate of drug-likeness (QED) is 0.769. The third-order valence-electron chi connectivity index (χ3n) is 2.87. The van der Waals surface area contributed by atoms with Crippen molar-refractivity contribution in [3.8, 4) is 0 Å². The lowest BCUT2D eigenvalue weighted by Crippen LogP contribution is -2.19. The average molecular weight is 324 g/mol. The van der Waals surface area contributed by atoms with E-state index in [9.17, 15) is 4.79 Å². The van der Waals surface area contributed by atoms with Crippen LogP contribution in [0.1, 0.15) is 18.5 Å². The van der Waals surface area contributed by atoms with Gasteiger partial charge in [-0.05, 0) is 42.8 Å². The summed E-state index contributed by atoms with van der Waals surface area (Å²) in [5.74, 6) is 0. The first-order valence-corrected chi connectivity index (χ1v) is 7.10. The zero-order valence-electron chi connectivity index (χ0n) is 11.4. The van der Waals surface area contributed by atoms with Crippen molar-refractivity contribution < 1.29 is 4.79 Å². The lowest BCUT2D eigenvalue weighted by atomic mass is 10.1. The maximum atomic E-state index is 11.9. The molecule has 2 aromatic rings. The first-order valence-electron chi connectivity index (χ1n) is 6.34. The van der Waals surface area contributed by atoms with Crippen molar-refractivity contribution in [3.05, 3.63) is 58.1 Å². The molecular weight excluding hydrogens is 309 g/mol. The van der Waals surface area contributed by atoms with Crippen LogP contribution in [0.15, 0.2) is 42.5 Å². The number of rotatable bonds is 3. The molecule has 0 bridgehead atoms. The van der Waals surface area contributed by atoms with Crippen LogP contribution in [0.25, 0.3) is 0 Å². The van der Waals surface area contributed by atoms with Crippen LogP contribution in [0.5, 0.6) is 0 Å². The van der Waals surface area contributed by atoms with Crippen molar-refractivity contribution in [1.82, 2.24) is 0 Å². The molecule has 4 N–H and O–H groups in total. The van der Waals surface area contributed by atoms with E-state index in [2.05, 4.69) is 10.6 Å². The summed E-state index contributed by atoms with van der Waals surface area (Å²) in [4.78, 5) is 11.9. The summed E-state index contributed by atoms with van der Waals surface area (Å²) in [6, 6.07) is 11.8. The fourth-order valence-corrected chi connectivity index (χ4v) is 2.04. The van der Waals surface area contributed by atoms with E-state index in [1.165, 1.54) is 0 Å². The van der Waals surface area contributed by atoms with Crippen molar-refractivity contribution in [2.24, 2.45) is 5.73 Å². The maximum absolute atomic E-state index is 11.9. The number of hydrogen-bond donors (Lipinski definition) is 3. The van der Waals surface area contributed by atoms with Crippen molar-refractivity contribution in [2.45, 2.75) is 13.0 Å². The molecule has 2 rings (SSSR count). The largest absolute Gasteiger partial charge is 0.324 e. The maximum Gasteiger partial charge on any atom is 0.323 e. The van der Waals surface area contributed by atoms with Gasteiger partial charge in [0.2, 0.25) is 0 Å². The minimum Gasteiger partial charge on any atom is -0.324 e. The van der Waals surface area contributed by atoms with Gasteiger partial charge in [0.05, 0.1) is 10.0 Å². The van der Waals surface area contributed by atoms with Gasteiger partial charge in [-0.2, -0.15) is 0 Å². The van der Waals surface area contributed by atoms with E-state index in [-0.39, 0.29) is 12.1 Å². The van der Waals surface area contributed by atoms with Gasteiger partial charge in [-0.15, -0.1) is 0 Å². The highest BCUT2D eigenvalue weighted by atomic mass is 35.5. The van der Waals surface area contributed by atoms with Crippen LogP contribution in [0, 0.1) is 0 Å². The Kier molecular flexibility index (Phi) is 5.07. The highest BCUT2D eigenvalue weighted by molar-refractivity contribution is 6.42. The number of amides is 2. The van der Waals surface area contributed by atoms with Crippen LogP contribution in [0.4, 0.5) is 16.2 Å². The van der Waals surface area contributed by atoms with E-state index in [4.69, 9.17) is 28.9 Å². The molecule has 0 radical (unpaired) electrons. The molecule has 2 aromatic carbocycles. The second-order valence-electron chi connectivity index (χ2n) is 4.62. The number of nitrogens with two attached hydrogens (primary N) is 1. The summed E-state index contributed by atoms with van der Waals surface area (Å²) in [5, 5.41) is 6.23. The first kappa shape index (κ1) is 15.6. The third-order valence-corrected chi connectivity index (χ3v) is 3.61. The summed E-state index contributed by atoms with van der Waals surface area (Å²) in [7, 11) is 0. The van der Waals surface area contributed by atoms with Crippen LogP contribution >= 0.6 is 23.2 Å². The van der Waals surface area contributed by atoms with Gasteiger partial charge in [-0.3, -0.25) is 0 Å². The van der Waals surface area contributed by atoms with Crippen LogP contribution in [-0.2, 0) is 0 Å². The summed E-state index contributed by atoms with van der Waals surface area (Å²) in [5.41, 5.74) is 8.02. The minimum atomic E-state index is -0.359. The number of nitrogens with one attached hydrogen (secondary N) is 2. The molecule has 0 aliphatic heterocycles. The molecule has 0 heterocycles. The molecule has 1 unspecified atom stereocenters. The van der Waals surface area contributed by atoms with E-state index in [1.54, 1.807) is 30.3 Å². The van der Waals surface area contributed by atoms with Crippen molar-refractivity contribution in [1.29, 1.82) is 0 Å². The normalized spacial score (nSPS) is 11.8. The topological polar surface area (TPSA) is 67.1 Å². The molecule has 0 saturated carbocycles. The van der Waals surface area contributed by atoms with Gasteiger partial charge in [0.25, 0.3) is 0 Å². The smallest absolute Gasteiger partial charge is 0.323 e. The van der Waals surface area contributed by atoms with Gasteiger partial charge >= 0.3 is 6.03 Å². The first-order chi connectivity index (χ1) is 9.95. The summed E-state index contributed by atoms with van der Waals surface area (Å²) < 4.78 is 0. The number of halogens is 2. The van der Waals surface area contributed by atoms with Gasteiger partial charge in [0.15, 0.2) is 0 Å². The number of urea groups is 1. The highest BCUT2D eigenvalue weighted by Gasteiger charge is 2.05. The van der Waals surface area contributed by atoms with Crippen molar-refractivity contribution in [3.63, 3.8) is 0 Å². The Morgan fingerprint density at radius 3 is 2.14 bits per heavy atom. The van der Waals surface area contributed by atoms with Gasteiger partial charge in [0.1, 0.15) is 0 Å². The number of hydrogen-bond acceptors (Lipinski definition) is 2.